The molecule has 4 N–H and O–H groups in total. The van der Waals surface area contributed by atoms with Crippen molar-refractivity contribution in [2.75, 3.05) is 18.6 Å². The van der Waals surface area contributed by atoms with E-state index < -0.39 is 23.4 Å². The van der Waals surface area contributed by atoms with E-state index in [2.05, 4.69) is 27.1 Å². The highest BCUT2D eigenvalue weighted by Crippen LogP contribution is 2.27. The third-order valence-electron chi connectivity index (χ3n) is 5.74. The number of aryl methyl sites for hydroxylation is 1. The van der Waals surface area contributed by atoms with Crippen molar-refractivity contribution >= 4 is 23.8 Å². The SMILES string of the molecule is CN1C(=O)[C@H](NC(=O)N=CC(=CN)Cc2cccc(F)n2)CCc2ccc(C#CC(C)(C)CO)cc21. The van der Waals surface area contributed by atoms with Crippen molar-refractivity contribution in [3.63, 3.8) is 0 Å². The molecule has 188 valence electrons. The standard InChI is InChI=1S/C27H30FN5O3/c1-27(2,17-34)12-11-18-7-8-20-9-10-22(25(35)33(3)23(20)14-18)32-26(36)30-16-19(15-29)13-21-5-4-6-24(28)31-21/h4-8,14-16,22,34H,9-10,13,17,29H2,1-3H3,(H,32,36)/t22-/m1/s1. The van der Waals surface area contributed by atoms with Crippen LogP contribution in [0.1, 0.15) is 37.1 Å². The van der Waals surface area contributed by atoms with Crippen LogP contribution in [0.3, 0.4) is 0 Å². The van der Waals surface area contributed by atoms with Gasteiger partial charge in [-0.3, -0.25) is 4.79 Å². The van der Waals surface area contributed by atoms with Crippen LogP contribution in [0.2, 0.25) is 0 Å². The number of amides is 3. The number of nitrogens with two attached hydrogens (primary N) is 1. The van der Waals surface area contributed by atoms with Gasteiger partial charge in [-0.05, 0) is 68.3 Å². The summed E-state index contributed by atoms with van der Waals surface area (Å²) in [5, 5.41) is 12.1. The zero-order valence-corrected chi connectivity index (χ0v) is 20.6. The number of carbonyl (C=O) groups excluding carboxylic acids is 2. The zero-order valence-electron chi connectivity index (χ0n) is 20.6. The molecule has 0 radical (unpaired) electrons. The van der Waals surface area contributed by atoms with Crippen molar-refractivity contribution < 1.29 is 19.1 Å². The van der Waals surface area contributed by atoms with Gasteiger partial charge in [-0.2, -0.15) is 4.39 Å². The van der Waals surface area contributed by atoms with Crippen LogP contribution in [0.4, 0.5) is 14.9 Å². The maximum atomic E-state index is 13.3. The minimum absolute atomic E-state index is 0.0581. The van der Waals surface area contributed by atoms with Gasteiger partial charge in [-0.15, -0.1) is 0 Å². The number of anilines is 1. The summed E-state index contributed by atoms with van der Waals surface area (Å²) in [6.45, 7) is 3.64. The van der Waals surface area contributed by atoms with Gasteiger partial charge in [0.15, 0.2) is 0 Å². The Hall–Kier alpha value is -4.03. The van der Waals surface area contributed by atoms with Gasteiger partial charge in [0.2, 0.25) is 11.9 Å². The van der Waals surface area contributed by atoms with Crippen molar-refractivity contribution in [2.24, 2.45) is 16.1 Å². The van der Waals surface area contributed by atoms with Crippen LogP contribution >= 0.6 is 0 Å². The number of likely N-dealkylation sites (N-methyl/N-ethyl adjacent to an activating group) is 1. The fraction of sp³-hybridized carbons (Fsp3) is 0.333. The number of carbonyl (C=O) groups is 2. The van der Waals surface area contributed by atoms with Crippen molar-refractivity contribution in [3.05, 3.63) is 70.9 Å². The van der Waals surface area contributed by atoms with E-state index in [0.29, 0.717) is 24.1 Å². The Labute approximate surface area is 210 Å². The minimum atomic E-state index is -0.759. The lowest BCUT2D eigenvalue weighted by molar-refractivity contribution is -0.120. The minimum Gasteiger partial charge on any atom is -0.404 e. The van der Waals surface area contributed by atoms with Crippen LogP contribution in [0.15, 0.2) is 53.2 Å². The molecule has 1 aromatic carbocycles. The van der Waals surface area contributed by atoms with Gasteiger partial charge in [0.05, 0.1) is 6.61 Å². The number of nitrogens with one attached hydrogen (secondary N) is 1. The van der Waals surface area contributed by atoms with Crippen molar-refractivity contribution in [1.29, 1.82) is 0 Å². The lowest BCUT2D eigenvalue weighted by Gasteiger charge is -2.21. The van der Waals surface area contributed by atoms with Crippen LogP contribution in [-0.4, -0.2) is 47.9 Å². The molecule has 0 bridgehead atoms. The molecule has 3 rings (SSSR count). The number of aliphatic imine (C=N–C) groups is 1. The molecule has 0 unspecified atom stereocenters. The van der Waals surface area contributed by atoms with Crippen molar-refractivity contribution in [1.82, 2.24) is 10.3 Å². The molecule has 1 aliphatic rings. The average molecular weight is 492 g/mol. The number of pyridine rings is 1. The number of aliphatic hydroxyl groups is 1. The summed E-state index contributed by atoms with van der Waals surface area (Å²) >= 11 is 0. The Morgan fingerprint density at radius 2 is 2.17 bits per heavy atom. The zero-order chi connectivity index (χ0) is 26.3. The van der Waals surface area contributed by atoms with Crippen LogP contribution < -0.4 is 16.0 Å². The Balaban J connectivity index is 1.68. The number of aliphatic hydroxyl groups excluding tert-OH is 1. The fourth-order valence-electron chi connectivity index (χ4n) is 3.59. The molecule has 2 aromatic rings. The summed E-state index contributed by atoms with van der Waals surface area (Å²) in [6, 6.07) is 8.63. The number of rotatable bonds is 5. The maximum absolute atomic E-state index is 13.3. The highest BCUT2D eigenvalue weighted by atomic mass is 19.1. The van der Waals surface area contributed by atoms with Gasteiger partial charge >= 0.3 is 6.03 Å². The molecule has 1 aromatic heterocycles. The Bertz CT molecular complexity index is 1260. The first-order valence-corrected chi connectivity index (χ1v) is 11.5. The third kappa shape index (κ3) is 6.99. The Morgan fingerprint density at radius 3 is 2.86 bits per heavy atom. The first-order valence-electron chi connectivity index (χ1n) is 11.5. The number of aromatic nitrogens is 1. The molecule has 2 heterocycles. The number of nitrogens with zero attached hydrogens (tertiary/aromatic N) is 3. The molecule has 1 atom stereocenters. The van der Waals surface area contributed by atoms with Crippen LogP contribution in [-0.2, 0) is 17.6 Å². The predicted molar refractivity (Wildman–Crippen MR) is 137 cm³/mol. The topological polar surface area (TPSA) is 121 Å². The number of fused-ring (bicyclic) bond motifs is 1. The first kappa shape index (κ1) is 26.6. The predicted octanol–water partition coefficient (Wildman–Crippen LogP) is 2.73. The second-order valence-electron chi connectivity index (χ2n) is 9.20. The van der Waals surface area contributed by atoms with E-state index in [1.165, 1.54) is 29.4 Å². The normalized spacial score (nSPS) is 16.2. The first-order chi connectivity index (χ1) is 17.1. The number of hydrogen-bond acceptors (Lipinski definition) is 5. The van der Waals surface area contributed by atoms with E-state index >= 15 is 0 Å². The summed E-state index contributed by atoms with van der Waals surface area (Å²) < 4.78 is 13.3. The summed E-state index contributed by atoms with van der Waals surface area (Å²) in [4.78, 5) is 34.7. The van der Waals surface area contributed by atoms with E-state index in [1.807, 2.05) is 32.0 Å². The third-order valence-corrected chi connectivity index (χ3v) is 5.74. The Morgan fingerprint density at radius 1 is 1.39 bits per heavy atom. The monoisotopic (exact) mass is 491 g/mol. The van der Waals surface area contributed by atoms with Crippen molar-refractivity contribution in [3.8, 4) is 11.8 Å². The largest absolute Gasteiger partial charge is 0.404 e. The summed E-state index contributed by atoms with van der Waals surface area (Å²) in [5.41, 5.74) is 8.43. The van der Waals surface area contributed by atoms with Crippen molar-refractivity contribution in [2.45, 2.75) is 39.2 Å². The van der Waals surface area contributed by atoms with Crippen LogP contribution in [0, 0.1) is 23.2 Å². The van der Waals surface area contributed by atoms with Gasteiger partial charge in [-0.1, -0.05) is 24.0 Å². The van der Waals surface area contributed by atoms with E-state index in [-0.39, 0.29) is 18.9 Å². The molecular formula is C27H30FN5O3. The van der Waals surface area contributed by atoms with Crippen LogP contribution in [0.25, 0.3) is 0 Å². The molecule has 8 nitrogen and oxygen atoms in total. The molecule has 0 aliphatic carbocycles. The second kappa shape index (κ2) is 11.6. The van der Waals surface area contributed by atoms with Gasteiger partial charge in [0.1, 0.15) is 6.04 Å². The number of urea groups is 1. The van der Waals surface area contributed by atoms with Gasteiger partial charge in [-0.25, -0.2) is 14.8 Å². The van der Waals surface area contributed by atoms with Crippen LogP contribution in [0.5, 0.6) is 0 Å². The molecule has 0 spiro atoms. The fourth-order valence-corrected chi connectivity index (χ4v) is 3.59. The Kier molecular flexibility index (Phi) is 8.56. The van der Waals surface area contributed by atoms with E-state index in [1.54, 1.807) is 13.1 Å². The lowest BCUT2D eigenvalue weighted by Crippen LogP contribution is -2.46. The quantitative estimate of drug-likeness (QED) is 0.337. The van der Waals surface area contributed by atoms with E-state index in [4.69, 9.17) is 5.73 Å². The molecule has 36 heavy (non-hydrogen) atoms. The summed E-state index contributed by atoms with van der Waals surface area (Å²) in [5.74, 6) is 5.23. The highest BCUT2D eigenvalue weighted by molar-refractivity contribution is 6.01. The molecule has 3 amide bonds. The number of halogens is 1. The van der Waals surface area contributed by atoms with E-state index in [0.717, 1.165) is 16.8 Å². The molecule has 0 saturated carbocycles. The maximum Gasteiger partial charge on any atom is 0.341 e. The smallest absolute Gasteiger partial charge is 0.341 e. The molecule has 0 saturated heterocycles. The molecule has 0 fully saturated rings. The van der Waals surface area contributed by atoms with E-state index in [9.17, 15) is 19.1 Å². The molecular weight excluding hydrogens is 461 g/mol. The molecule has 1 aliphatic heterocycles. The lowest BCUT2D eigenvalue weighted by atomic mass is 9.95. The second-order valence-corrected chi connectivity index (χ2v) is 9.20. The van der Waals surface area contributed by atoms with Gasteiger partial charge in [0.25, 0.3) is 0 Å². The number of benzene rings is 1. The summed E-state index contributed by atoms with van der Waals surface area (Å²) in [7, 11) is 1.66. The molecule has 9 heteroatoms. The highest BCUT2D eigenvalue weighted by Gasteiger charge is 2.29. The number of allylic oxidation sites excluding steroid dienone is 1. The van der Waals surface area contributed by atoms with Gasteiger partial charge < -0.3 is 21.1 Å². The average Bonchev–Trinajstić information content (AvgIpc) is 2.97. The summed E-state index contributed by atoms with van der Waals surface area (Å²) in [6.07, 6.45) is 3.74. The number of hydrogen-bond donors (Lipinski definition) is 3. The van der Waals surface area contributed by atoms with Gasteiger partial charge in [0, 0.05) is 42.0 Å².